The standard InChI is InChI=1S/C25H37N7O6S/c26-10-4-3-7-18(25(37)38)30-24(36)20(13-39)32-23(35)19(31-22(34)16(27)8-9-21(28)33)11-14-12-29-17-6-2-1-5-15(14)17/h1-2,5-6,12,16,18-20,29,39H,3-4,7-11,13,26-27H2,(H2,28,33)(H,30,36)(H,31,34)(H,32,35)(H,37,38). The molecule has 39 heavy (non-hydrogen) atoms. The number of aromatic amines is 1. The third kappa shape index (κ3) is 9.89. The Morgan fingerprint density at radius 3 is 2.21 bits per heavy atom. The first kappa shape index (κ1) is 31.6. The van der Waals surface area contributed by atoms with Crippen LogP contribution in [-0.4, -0.2) is 76.2 Å². The zero-order valence-electron chi connectivity index (χ0n) is 21.5. The van der Waals surface area contributed by atoms with Gasteiger partial charge in [-0.1, -0.05) is 18.2 Å². The lowest BCUT2D eigenvalue weighted by Gasteiger charge is -2.24. The largest absolute Gasteiger partial charge is 0.480 e. The summed E-state index contributed by atoms with van der Waals surface area (Å²) in [7, 11) is 0. The number of H-pyrrole nitrogens is 1. The van der Waals surface area contributed by atoms with E-state index in [2.05, 4.69) is 33.6 Å². The van der Waals surface area contributed by atoms with Crippen LogP contribution in [0.25, 0.3) is 10.9 Å². The zero-order valence-corrected chi connectivity index (χ0v) is 22.4. The van der Waals surface area contributed by atoms with Crippen LogP contribution >= 0.6 is 12.6 Å². The molecule has 4 unspecified atom stereocenters. The number of carbonyl (C=O) groups excluding carboxylic acids is 4. The zero-order chi connectivity index (χ0) is 28.9. The molecule has 0 fully saturated rings. The molecule has 4 amide bonds. The van der Waals surface area contributed by atoms with Gasteiger partial charge in [0, 0.05) is 35.7 Å². The van der Waals surface area contributed by atoms with Gasteiger partial charge in [0.1, 0.15) is 18.1 Å². The van der Waals surface area contributed by atoms with E-state index in [4.69, 9.17) is 17.2 Å². The maximum absolute atomic E-state index is 13.3. The Labute approximate surface area is 231 Å². The number of aliphatic carboxylic acids is 1. The van der Waals surface area contributed by atoms with E-state index >= 15 is 0 Å². The number of unbranched alkanes of at least 4 members (excludes halogenated alkanes) is 1. The number of para-hydroxylation sites is 1. The molecule has 0 aliphatic carbocycles. The number of hydrogen-bond acceptors (Lipinski definition) is 8. The number of hydrogen-bond donors (Lipinski definition) is 9. The number of carbonyl (C=O) groups is 5. The van der Waals surface area contributed by atoms with Gasteiger partial charge in [0.2, 0.25) is 23.6 Å². The number of aromatic nitrogens is 1. The van der Waals surface area contributed by atoms with Gasteiger partial charge in [-0.25, -0.2) is 4.79 Å². The Bertz CT molecular complexity index is 1160. The highest BCUT2D eigenvalue weighted by atomic mass is 32.1. The highest BCUT2D eigenvalue weighted by Crippen LogP contribution is 2.19. The molecule has 2 aromatic rings. The summed E-state index contributed by atoms with van der Waals surface area (Å²) in [4.78, 5) is 64.7. The fourth-order valence-corrected chi connectivity index (χ4v) is 4.18. The van der Waals surface area contributed by atoms with Crippen molar-refractivity contribution in [1.82, 2.24) is 20.9 Å². The Kier molecular flexibility index (Phi) is 12.7. The molecule has 0 bridgehead atoms. The van der Waals surface area contributed by atoms with E-state index in [0.29, 0.717) is 19.4 Å². The summed E-state index contributed by atoms with van der Waals surface area (Å²) >= 11 is 4.15. The minimum absolute atomic E-state index is 0.00893. The van der Waals surface area contributed by atoms with E-state index in [-0.39, 0.29) is 31.4 Å². The summed E-state index contributed by atoms with van der Waals surface area (Å²) in [5, 5.41) is 17.9. The number of nitrogens with one attached hydrogen (secondary N) is 4. The first-order valence-corrected chi connectivity index (χ1v) is 13.2. The number of rotatable bonds is 17. The molecule has 0 saturated heterocycles. The van der Waals surface area contributed by atoms with Gasteiger partial charge in [-0.05, 0) is 43.9 Å². The second kappa shape index (κ2) is 15.7. The summed E-state index contributed by atoms with van der Waals surface area (Å²) in [6, 6.07) is 2.83. The summed E-state index contributed by atoms with van der Waals surface area (Å²) in [6.45, 7) is 0.394. The maximum Gasteiger partial charge on any atom is 0.326 e. The average Bonchev–Trinajstić information content (AvgIpc) is 3.31. The molecule has 0 aliphatic heterocycles. The molecular formula is C25H37N7O6S. The van der Waals surface area contributed by atoms with E-state index in [9.17, 15) is 29.1 Å². The Morgan fingerprint density at radius 2 is 1.56 bits per heavy atom. The van der Waals surface area contributed by atoms with Crippen molar-refractivity contribution >= 4 is 53.1 Å². The van der Waals surface area contributed by atoms with Gasteiger partial charge in [0.15, 0.2) is 0 Å². The number of thiol groups is 1. The van der Waals surface area contributed by atoms with Crippen LogP contribution in [0.4, 0.5) is 0 Å². The molecule has 11 N–H and O–H groups in total. The first-order chi connectivity index (χ1) is 18.6. The molecule has 14 heteroatoms. The lowest BCUT2D eigenvalue weighted by Crippen LogP contribution is -2.58. The van der Waals surface area contributed by atoms with Crippen LogP contribution in [0, 0.1) is 0 Å². The second-order valence-corrected chi connectivity index (χ2v) is 9.53. The third-order valence-corrected chi connectivity index (χ3v) is 6.51. The normalized spacial score (nSPS) is 14.1. The molecule has 1 aromatic carbocycles. The summed E-state index contributed by atoms with van der Waals surface area (Å²) in [5.41, 5.74) is 18.0. The summed E-state index contributed by atoms with van der Waals surface area (Å²) in [5.74, 6) is -4.04. The van der Waals surface area contributed by atoms with Crippen LogP contribution in [0.1, 0.15) is 37.7 Å². The minimum Gasteiger partial charge on any atom is -0.480 e. The molecule has 214 valence electrons. The Hall–Kier alpha value is -3.62. The fourth-order valence-electron chi connectivity index (χ4n) is 3.93. The number of carboxylic acids is 1. The average molecular weight is 564 g/mol. The molecule has 1 heterocycles. The van der Waals surface area contributed by atoms with Gasteiger partial charge < -0.3 is 43.2 Å². The summed E-state index contributed by atoms with van der Waals surface area (Å²) < 4.78 is 0. The highest BCUT2D eigenvalue weighted by molar-refractivity contribution is 7.80. The number of fused-ring (bicyclic) bond motifs is 1. The Balaban J connectivity index is 2.19. The van der Waals surface area contributed by atoms with E-state index in [1.54, 1.807) is 6.20 Å². The van der Waals surface area contributed by atoms with Crippen molar-refractivity contribution in [3.05, 3.63) is 36.0 Å². The third-order valence-electron chi connectivity index (χ3n) is 6.15. The number of benzene rings is 1. The van der Waals surface area contributed by atoms with Gasteiger partial charge in [0.25, 0.3) is 0 Å². The van der Waals surface area contributed by atoms with Crippen molar-refractivity contribution in [3.8, 4) is 0 Å². The Morgan fingerprint density at radius 1 is 0.923 bits per heavy atom. The molecule has 0 aliphatic rings. The van der Waals surface area contributed by atoms with Gasteiger partial charge in [0.05, 0.1) is 6.04 Å². The van der Waals surface area contributed by atoms with Crippen molar-refractivity contribution in [2.45, 2.75) is 62.7 Å². The predicted octanol–water partition coefficient (Wildman–Crippen LogP) is -1.10. The van der Waals surface area contributed by atoms with Gasteiger partial charge in [-0.3, -0.25) is 19.2 Å². The van der Waals surface area contributed by atoms with Crippen LogP contribution in [-0.2, 0) is 30.4 Å². The molecule has 4 atom stereocenters. The van der Waals surface area contributed by atoms with Gasteiger partial charge >= 0.3 is 5.97 Å². The number of carboxylic acid groups (broad SMARTS) is 1. The molecule has 13 nitrogen and oxygen atoms in total. The van der Waals surface area contributed by atoms with Crippen molar-refractivity contribution in [2.75, 3.05) is 12.3 Å². The van der Waals surface area contributed by atoms with Crippen LogP contribution in [0.5, 0.6) is 0 Å². The number of nitrogens with two attached hydrogens (primary N) is 3. The molecular weight excluding hydrogens is 526 g/mol. The summed E-state index contributed by atoms with van der Waals surface area (Å²) in [6.07, 6.45) is 2.93. The molecule has 0 radical (unpaired) electrons. The van der Waals surface area contributed by atoms with Crippen molar-refractivity contribution in [1.29, 1.82) is 0 Å². The monoisotopic (exact) mass is 563 g/mol. The van der Waals surface area contributed by atoms with Crippen molar-refractivity contribution < 1.29 is 29.1 Å². The topological polar surface area (TPSA) is 236 Å². The smallest absolute Gasteiger partial charge is 0.326 e. The van der Waals surface area contributed by atoms with Crippen molar-refractivity contribution in [2.24, 2.45) is 17.2 Å². The van der Waals surface area contributed by atoms with E-state index in [1.165, 1.54) is 0 Å². The quantitative estimate of drug-likeness (QED) is 0.0844. The van der Waals surface area contributed by atoms with Crippen LogP contribution in [0.3, 0.4) is 0 Å². The fraction of sp³-hybridized carbons (Fsp3) is 0.480. The molecule has 2 rings (SSSR count). The van der Waals surface area contributed by atoms with E-state index < -0.39 is 53.8 Å². The second-order valence-electron chi connectivity index (χ2n) is 9.16. The molecule has 0 saturated carbocycles. The van der Waals surface area contributed by atoms with Crippen LogP contribution in [0.2, 0.25) is 0 Å². The maximum atomic E-state index is 13.3. The SMILES string of the molecule is NCCCCC(NC(=O)C(CS)NC(=O)C(Cc1c[nH]c2ccccc12)NC(=O)C(N)CCC(N)=O)C(=O)O. The lowest BCUT2D eigenvalue weighted by atomic mass is 10.0. The van der Waals surface area contributed by atoms with Gasteiger partial charge in [-0.2, -0.15) is 12.6 Å². The van der Waals surface area contributed by atoms with E-state index in [1.807, 2.05) is 24.3 Å². The van der Waals surface area contributed by atoms with Crippen LogP contribution in [0.15, 0.2) is 30.5 Å². The van der Waals surface area contributed by atoms with Crippen molar-refractivity contribution in [3.63, 3.8) is 0 Å². The lowest BCUT2D eigenvalue weighted by molar-refractivity contribution is -0.142. The van der Waals surface area contributed by atoms with E-state index in [0.717, 1.165) is 16.5 Å². The highest BCUT2D eigenvalue weighted by Gasteiger charge is 2.30. The van der Waals surface area contributed by atoms with Crippen LogP contribution < -0.4 is 33.2 Å². The molecule has 1 aromatic heterocycles. The first-order valence-electron chi connectivity index (χ1n) is 12.6. The molecule has 0 spiro atoms. The predicted molar refractivity (Wildman–Crippen MR) is 149 cm³/mol. The number of amides is 4. The minimum atomic E-state index is -1.21. The number of primary amides is 1. The van der Waals surface area contributed by atoms with Gasteiger partial charge in [-0.15, -0.1) is 0 Å².